The third-order valence-corrected chi connectivity index (χ3v) is 4.53. The van der Waals surface area contributed by atoms with Gasteiger partial charge in [-0.05, 0) is 33.1 Å². The van der Waals surface area contributed by atoms with Gasteiger partial charge in [-0.25, -0.2) is 0 Å². The summed E-state index contributed by atoms with van der Waals surface area (Å²) in [5.74, 6) is 0.104. The molecule has 1 amide bonds. The number of thioether (sulfide) groups is 1. The minimum atomic E-state index is -0.0889. The summed E-state index contributed by atoms with van der Waals surface area (Å²) >= 11 is 1.89. The SMILES string of the molecule is CNC(C)C(=O)NCC1(SC)CCC1. The molecular formula is C10H20N2OS. The van der Waals surface area contributed by atoms with Gasteiger partial charge < -0.3 is 10.6 Å². The first-order valence-corrected chi connectivity index (χ1v) is 6.36. The van der Waals surface area contributed by atoms with Gasteiger partial charge in [-0.2, -0.15) is 11.8 Å². The maximum Gasteiger partial charge on any atom is 0.236 e. The minimum Gasteiger partial charge on any atom is -0.353 e. The monoisotopic (exact) mass is 216 g/mol. The van der Waals surface area contributed by atoms with Crippen molar-refractivity contribution in [1.82, 2.24) is 10.6 Å². The Labute approximate surface area is 90.4 Å². The van der Waals surface area contributed by atoms with Gasteiger partial charge in [-0.15, -0.1) is 0 Å². The highest BCUT2D eigenvalue weighted by Gasteiger charge is 2.36. The molecule has 4 heteroatoms. The zero-order valence-corrected chi connectivity index (χ0v) is 10.0. The molecule has 0 spiro atoms. The van der Waals surface area contributed by atoms with Gasteiger partial charge in [0.2, 0.25) is 5.91 Å². The second kappa shape index (κ2) is 5.03. The van der Waals surface area contributed by atoms with Crippen LogP contribution in [-0.4, -0.2) is 36.5 Å². The van der Waals surface area contributed by atoms with Crippen molar-refractivity contribution in [2.24, 2.45) is 0 Å². The van der Waals surface area contributed by atoms with Crippen LogP contribution in [0, 0.1) is 0 Å². The van der Waals surface area contributed by atoms with E-state index in [1.165, 1.54) is 19.3 Å². The molecule has 0 aromatic rings. The molecule has 1 atom stereocenters. The molecule has 0 radical (unpaired) electrons. The Bertz CT molecular complexity index is 199. The van der Waals surface area contributed by atoms with E-state index < -0.39 is 0 Å². The zero-order chi connectivity index (χ0) is 10.6. The van der Waals surface area contributed by atoms with E-state index in [1.54, 1.807) is 7.05 Å². The quantitative estimate of drug-likeness (QED) is 0.720. The van der Waals surface area contributed by atoms with Gasteiger partial charge in [0, 0.05) is 11.3 Å². The standard InChI is InChI=1S/C10H20N2OS/c1-8(11-2)9(13)12-7-10(14-3)5-4-6-10/h8,11H,4-7H2,1-3H3,(H,12,13). The van der Waals surface area contributed by atoms with Gasteiger partial charge in [-0.3, -0.25) is 4.79 Å². The molecule has 1 fully saturated rings. The molecule has 0 aromatic heterocycles. The highest BCUT2D eigenvalue weighted by molar-refractivity contribution is 8.00. The molecule has 2 N–H and O–H groups in total. The van der Waals surface area contributed by atoms with Gasteiger partial charge >= 0.3 is 0 Å². The fourth-order valence-corrected chi connectivity index (χ4v) is 2.47. The molecule has 3 nitrogen and oxygen atoms in total. The molecular weight excluding hydrogens is 196 g/mol. The van der Waals surface area contributed by atoms with Crippen molar-refractivity contribution < 1.29 is 4.79 Å². The van der Waals surface area contributed by atoms with E-state index >= 15 is 0 Å². The van der Waals surface area contributed by atoms with E-state index in [2.05, 4.69) is 16.9 Å². The average molecular weight is 216 g/mol. The number of hydrogen-bond donors (Lipinski definition) is 2. The molecule has 0 bridgehead atoms. The lowest BCUT2D eigenvalue weighted by Gasteiger charge is -2.40. The van der Waals surface area contributed by atoms with Crippen LogP contribution in [0.3, 0.4) is 0 Å². The molecule has 14 heavy (non-hydrogen) atoms. The highest BCUT2D eigenvalue weighted by Crippen LogP contribution is 2.42. The van der Waals surface area contributed by atoms with Gasteiger partial charge in [0.1, 0.15) is 0 Å². The van der Waals surface area contributed by atoms with Gasteiger partial charge in [0.05, 0.1) is 6.04 Å². The molecule has 1 rings (SSSR count). The number of amides is 1. The second-order valence-electron chi connectivity index (χ2n) is 3.97. The van der Waals surface area contributed by atoms with Crippen molar-refractivity contribution in [3.05, 3.63) is 0 Å². The normalized spacial score (nSPS) is 21.1. The Morgan fingerprint density at radius 2 is 2.21 bits per heavy atom. The van der Waals surface area contributed by atoms with E-state index in [0.717, 1.165) is 6.54 Å². The first-order valence-electron chi connectivity index (χ1n) is 5.14. The largest absolute Gasteiger partial charge is 0.353 e. The van der Waals surface area contributed by atoms with Crippen LogP contribution in [0.25, 0.3) is 0 Å². The van der Waals surface area contributed by atoms with Crippen LogP contribution < -0.4 is 10.6 Å². The summed E-state index contributed by atoms with van der Waals surface area (Å²) in [7, 11) is 1.80. The van der Waals surface area contributed by atoms with Crippen molar-refractivity contribution in [2.45, 2.75) is 37.0 Å². The molecule has 0 heterocycles. The number of carbonyl (C=O) groups excluding carboxylic acids is 1. The number of hydrogen-bond acceptors (Lipinski definition) is 3. The predicted octanol–water partition coefficient (Wildman–Crippen LogP) is 0.996. The summed E-state index contributed by atoms with van der Waals surface area (Å²) in [6.45, 7) is 2.70. The Morgan fingerprint density at radius 3 is 2.57 bits per heavy atom. The maximum absolute atomic E-state index is 11.5. The number of carbonyl (C=O) groups is 1. The van der Waals surface area contributed by atoms with Gasteiger partial charge in [0.25, 0.3) is 0 Å². The third kappa shape index (κ3) is 2.64. The predicted molar refractivity (Wildman–Crippen MR) is 61.6 cm³/mol. The summed E-state index contributed by atoms with van der Waals surface area (Å²) in [6, 6.07) is -0.0889. The Hall–Kier alpha value is -0.220. The van der Waals surface area contributed by atoms with E-state index in [0.29, 0.717) is 4.75 Å². The lowest BCUT2D eigenvalue weighted by atomic mass is 9.84. The summed E-state index contributed by atoms with van der Waals surface area (Å²) in [5.41, 5.74) is 0. The van der Waals surface area contributed by atoms with Crippen molar-refractivity contribution in [3.63, 3.8) is 0 Å². The van der Waals surface area contributed by atoms with E-state index in [-0.39, 0.29) is 11.9 Å². The lowest BCUT2D eigenvalue weighted by molar-refractivity contribution is -0.122. The van der Waals surface area contributed by atoms with E-state index in [9.17, 15) is 4.79 Å². The minimum absolute atomic E-state index is 0.0889. The zero-order valence-electron chi connectivity index (χ0n) is 9.22. The first kappa shape index (κ1) is 11.9. The van der Waals surface area contributed by atoms with Crippen molar-refractivity contribution in [1.29, 1.82) is 0 Å². The van der Waals surface area contributed by atoms with Crippen LogP contribution in [0.1, 0.15) is 26.2 Å². The molecule has 1 aliphatic rings. The van der Waals surface area contributed by atoms with Gasteiger partial charge in [-0.1, -0.05) is 6.42 Å². The third-order valence-electron chi connectivity index (χ3n) is 3.11. The molecule has 0 saturated heterocycles. The number of nitrogens with one attached hydrogen (secondary N) is 2. The topological polar surface area (TPSA) is 41.1 Å². The fourth-order valence-electron chi connectivity index (χ4n) is 1.56. The van der Waals surface area contributed by atoms with Crippen molar-refractivity contribution in [3.8, 4) is 0 Å². The molecule has 1 saturated carbocycles. The van der Waals surface area contributed by atoms with Gasteiger partial charge in [0.15, 0.2) is 0 Å². The molecule has 1 unspecified atom stereocenters. The Morgan fingerprint density at radius 1 is 1.57 bits per heavy atom. The van der Waals surface area contributed by atoms with E-state index in [4.69, 9.17) is 0 Å². The second-order valence-corrected chi connectivity index (χ2v) is 5.24. The van der Waals surface area contributed by atoms with E-state index in [1.807, 2.05) is 18.7 Å². The summed E-state index contributed by atoms with van der Waals surface area (Å²) in [5, 5.41) is 5.94. The molecule has 0 aromatic carbocycles. The molecule has 0 aliphatic heterocycles. The smallest absolute Gasteiger partial charge is 0.236 e. The summed E-state index contributed by atoms with van der Waals surface area (Å²) in [4.78, 5) is 11.5. The van der Waals surface area contributed by atoms with Crippen LogP contribution >= 0.6 is 11.8 Å². The Kier molecular flexibility index (Phi) is 4.26. The first-order chi connectivity index (χ1) is 6.63. The summed E-state index contributed by atoms with van der Waals surface area (Å²) < 4.78 is 0.336. The Balaban J connectivity index is 2.28. The fraction of sp³-hybridized carbons (Fsp3) is 0.900. The van der Waals surface area contributed by atoms with Crippen LogP contribution in [-0.2, 0) is 4.79 Å². The lowest BCUT2D eigenvalue weighted by Crippen LogP contribution is -2.49. The maximum atomic E-state index is 11.5. The van der Waals surface area contributed by atoms with Crippen molar-refractivity contribution >= 4 is 17.7 Å². The van der Waals surface area contributed by atoms with Crippen LogP contribution in [0.2, 0.25) is 0 Å². The van der Waals surface area contributed by atoms with Crippen LogP contribution in [0.4, 0.5) is 0 Å². The van der Waals surface area contributed by atoms with Crippen LogP contribution in [0.15, 0.2) is 0 Å². The average Bonchev–Trinajstić information content (AvgIpc) is 2.15. The highest BCUT2D eigenvalue weighted by atomic mass is 32.2. The molecule has 1 aliphatic carbocycles. The number of likely N-dealkylation sites (N-methyl/N-ethyl adjacent to an activating group) is 1. The van der Waals surface area contributed by atoms with Crippen molar-refractivity contribution in [2.75, 3.05) is 19.8 Å². The van der Waals surface area contributed by atoms with Crippen LogP contribution in [0.5, 0.6) is 0 Å². The number of rotatable bonds is 5. The molecule has 82 valence electrons. The summed E-state index contributed by atoms with van der Waals surface area (Å²) in [6.07, 6.45) is 5.91.